The fraction of sp³-hybridized carbons (Fsp3) is 0.394. The summed E-state index contributed by atoms with van der Waals surface area (Å²) in [5.41, 5.74) is 3.63. The van der Waals surface area contributed by atoms with Crippen molar-refractivity contribution in [1.82, 2.24) is 23.7 Å². The monoisotopic (exact) mass is 676 g/mol. The first-order valence-corrected chi connectivity index (χ1v) is 18.4. The SMILES string of the molecule is CN(C)C(=O)c1cc2cnc(Cc3ccc(-c4csc5c(=O)cc(N6CCN(S(C)(=O)=O)CC6)oc45)cc3O)nc2n1C1CCCC1. The number of phenols is 1. The van der Waals surface area contributed by atoms with Crippen LogP contribution in [0.1, 0.15) is 53.6 Å². The first kappa shape index (κ1) is 31.3. The third-order valence-electron chi connectivity index (χ3n) is 9.14. The number of thiophene rings is 1. The lowest BCUT2D eigenvalue weighted by atomic mass is 10.0. The van der Waals surface area contributed by atoms with Crippen LogP contribution in [0.4, 0.5) is 5.88 Å². The summed E-state index contributed by atoms with van der Waals surface area (Å²) in [5.74, 6) is 0.925. The van der Waals surface area contributed by atoms with E-state index in [1.807, 2.05) is 28.5 Å². The van der Waals surface area contributed by atoms with Gasteiger partial charge >= 0.3 is 0 Å². The number of nitrogens with zero attached hydrogens (tertiary/aromatic N) is 6. The van der Waals surface area contributed by atoms with E-state index in [0.29, 0.717) is 70.6 Å². The summed E-state index contributed by atoms with van der Waals surface area (Å²) in [7, 11) is 0.211. The molecule has 47 heavy (non-hydrogen) atoms. The third-order valence-corrected chi connectivity index (χ3v) is 11.4. The minimum Gasteiger partial charge on any atom is -0.508 e. The molecule has 1 saturated carbocycles. The molecule has 1 aliphatic heterocycles. The number of fused-ring (bicyclic) bond motifs is 2. The number of phenolic OH excluding ortho intramolecular Hbond substituents is 1. The zero-order valence-electron chi connectivity index (χ0n) is 26.5. The highest BCUT2D eigenvalue weighted by Crippen LogP contribution is 2.38. The predicted molar refractivity (Wildman–Crippen MR) is 182 cm³/mol. The van der Waals surface area contributed by atoms with Crippen molar-refractivity contribution in [2.45, 2.75) is 38.1 Å². The second kappa shape index (κ2) is 12.1. The van der Waals surface area contributed by atoms with Crippen molar-refractivity contribution in [2.24, 2.45) is 0 Å². The van der Waals surface area contributed by atoms with Crippen LogP contribution in [0.15, 0.2) is 51.1 Å². The van der Waals surface area contributed by atoms with Crippen LogP contribution in [0.3, 0.4) is 0 Å². The molecule has 1 saturated heterocycles. The van der Waals surface area contributed by atoms with Crippen LogP contribution in [0.25, 0.3) is 32.4 Å². The van der Waals surface area contributed by atoms with Gasteiger partial charge in [-0.25, -0.2) is 18.4 Å². The van der Waals surface area contributed by atoms with Crippen molar-refractivity contribution < 1.29 is 22.7 Å². The topological polar surface area (TPSA) is 142 Å². The molecule has 0 radical (unpaired) electrons. The van der Waals surface area contributed by atoms with Gasteiger partial charge in [0.2, 0.25) is 15.5 Å². The van der Waals surface area contributed by atoms with Crippen LogP contribution in [-0.4, -0.2) is 89.7 Å². The summed E-state index contributed by atoms with van der Waals surface area (Å²) in [6, 6.07) is 8.89. The maximum atomic E-state index is 13.1. The van der Waals surface area contributed by atoms with E-state index in [9.17, 15) is 23.1 Å². The number of anilines is 1. The number of piperazine rings is 1. The first-order valence-electron chi connectivity index (χ1n) is 15.6. The lowest BCUT2D eigenvalue weighted by Gasteiger charge is -2.33. The van der Waals surface area contributed by atoms with Gasteiger partial charge in [0.05, 0.1) is 6.26 Å². The van der Waals surface area contributed by atoms with E-state index in [0.717, 1.165) is 36.7 Å². The number of amides is 1. The molecule has 14 heteroatoms. The molecule has 4 aromatic heterocycles. The Morgan fingerprint density at radius 2 is 1.85 bits per heavy atom. The Labute approximate surface area is 275 Å². The van der Waals surface area contributed by atoms with Crippen molar-refractivity contribution >= 4 is 54.5 Å². The minimum absolute atomic E-state index is 0.0654. The third kappa shape index (κ3) is 5.89. The molecular weight excluding hydrogens is 641 g/mol. The van der Waals surface area contributed by atoms with Crippen molar-refractivity contribution in [2.75, 3.05) is 51.4 Å². The van der Waals surface area contributed by atoms with Crippen molar-refractivity contribution in [1.29, 1.82) is 0 Å². The molecule has 1 amide bonds. The van der Waals surface area contributed by atoms with E-state index in [1.54, 1.807) is 31.3 Å². The Hall–Kier alpha value is -4.27. The van der Waals surface area contributed by atoms with Crippen LogP contribution in [-0.2, 0) is 16.4 Å². The zero-order chi connectivity index (χ0) is 33.0. The maximum Gasteiger partial charge on any atom is 0.270 e. The number of carbonyl (C=O) groups is 1. The molecule has 246 valence electrons. The summed E-state index contributed by atoms with van der Waals surface area (Å²) in [5, 5.41) is 13.8. The number of aromatic hydroxyl groups is 1. The number of aromatic nitrogens is 3. The van der Waals surface area contributed by atoms with Crippen LogP contribution in [0.5, 0.6) is 5.75 Å². The molecular formula is C33H36N6O6S2. The van der Waals surface area contributed by atoms with Crippen molar-refractivity contribution in [3.63, 3.8) is 0 Å². The number of hydrogen-bond acceptors (Lipinski definition) is 10. The summed E-state index contributed by atoms with van der Waals surface area (Å²) < 4.78 is 34.1. The van der Waals surface area contributed by atoms with Gasteiger partial charge in [-0.1, -0.05) is 25.0 Å². The van der Waals surface area contributed by atoms with Crippen molar-refractivity contribution in [3.8, 4) is 16.9 Å². The normalized spacial score (nSPS) is 16.4. The predicted octanol–water partition coefficient (Wildman–Crippen LogP) is 4.46. The molecule has 5 heterocycles. The zero-order valence-corrected chi connectivity index (χ0v) is 28.1. The standard InChI is InChI=1S/C33H36N6O6S2/c1-36(2)33(42)25-14-22-18-34-28(35-32(22)39(25)23-6-4-5-7-23)16-21-9-8-20(15-26(21)40)24-19-46-31-27(41)17-29(45-30(24)31)37-10-12-38(13-11-37)47(3,43)44/h8-9,14-15,17-19,23,40H,4-7,10-13,16H2,1-3H3. The van der Waals surface area contributed by atoms with E-state index in [-0.39, 0.29) is 29.5 Å². The molecule has 1 aromatic carbocycles. The van der Waals surface area contributed by atoms with Gasteiger partial charge in [0.25, 0.3) is 5.91 Å². The average molecular weight is 677 g/mol. The molecule has 0 bridgehead atoms. The molecule has 1 aliphatic carbocycles. The highest BCUT2D eigenvalue weighted by molar-refractivity contribution is 7.88. The van der Waals surface area contributed by atoms with E-state index in [4.69, 9.17) is 9.40 Å². The van der Waals surface area contributed by atoms with Gasteiger partial charge < -0.3 is 23.9 Å². The maximum absolute atomic E-state index is 13.1. The molecule has 0 atom stereocenters. The average Bonchev–Trinajstić information content (AvgIpc) is 3.80. The summed E-state index contributed by atoms with van der Waals surface area (Å²) in [6.45, 7) is 1.43. The van der Waals surface area contributed by atoms with Crippen LogP contribution in [0.2, 0.25) is 0 Å². The van der Waals surface area contributed by atoms with Gasteiger partial charge in [0.15, 0.2) is 11.5 Å². The van der Waals surface area contributed by atoms with Gasteiger partial charge in [-0.15, -0.1) is 11.3 Å². The molecule has 1 N–H and O–H groups in total. The molecule has 0 unspecified atom stereocenters. The van der Waals surface area contributed by atoms with Gasteiger partial charge in [0, 0.05) is 86.9 Å². The minimum atomic E-state index is -3.29. The largest absolute Gasteiger partial charge is 0.508 e. The second-order valence-electron chi connectivity index (χ2n) is 12.5. The summed E-state index contributed by atoms with van der Waals surface area (Å²) in [6.07, 6.45) is 7.46. The lowest BCUT2D eigenvalue weighted by molar-refractivity contribution is 0.0815. The van der Waals surface area contributed by atoms with Gasteiger partial charge in [-0.05, 0) is 30.5 Å². The Morgan fingerprint density at radius 3 is 2.53 bits per heavy atom. The quantitative estimate of drug-likeness (QED) is 0.264. The Kier molecular flexibility index (Phi) is 8.05. The van der Waals surface area contributed by atoms with Crippen LogP contribution < -0.4 is 10.3 Å². The molecule has 0 spiro atoms. The second-order valence-corrected chi connectivity index (χ2v) is 15.4. The molecule has 7 rings (SSSR count). The number of sulfonamides is 1. The molecule has 12 nitrogen and oxygen atoms in total. The number of rotatable bonds is 7. The van der Waals surface area contributed by atoms with Gasteiger partial charge in [-0.3, -0.25) is 9.59 Å². The van der Waals surface area contributed by atoms with Gasteiger partial charge in [-0.2, -0.15) is 4.31 Å². The highest BCUT2D eigenvalue weighted by atomic mass is 32.2. The fourth-order valence-electron chi connectivity index (χ4n) is 6.63. The Balaban J connectivity index is 1.17. The number of hydrogen-bond donors (Lipinski definition) is 1. The highest BCUT2D eigenvalue weighted by Gasteiger charge is 2.28. The van der Waals surface area contributed by atoms with E-state index in [2.05, 4.69) is 9.55 Å². The fourth-order valence-corrected chi connectivity index (χ4v) is 8.37. The number of benzene rings is 1. The molecule has 5 aromatic rings. The first-order chi connectivity index (χ1) is 22.5. The number of carbonyl (C=O) groups excluding carboxylic acids is 1. The van der Waals surface area contributed by atoms with Crippen LogP contribution >= 0.6 is 11.3 Å². The van der Waals surface area contributed by atoms with Crippen molar-refractivity contribution in [3.05, 3.63) is 69.2 Å². The van der Waals surface area contributed by atoms with E-state index >= 15 is 0 Å². The smallest absolute Gasteiger partial charge is 0.270 e. The molecule has 2 fully saturated rings. The lowest BCUT2D eigenvalue weighted by Crippen LogP contribution is -2.48. The van der Waals surface area contributed by atoms with Gasteiger partial charge in [0.1, 0.15) is 27.6 Å². The summed E-state index contributed by atoms with van der Waals surface area (Å²) >= 11 is 1.28. The molecule has 2 aliphatic rings. The van der Waals surface area contributed by atoms with E-state index < -0.39 is 10.0 Å². The van der Waals surface area contributed by atoms with Crippen LogP contribution in [0, 0.1) is 0 Å². The Bertz CT molecular complexity index is 2170. The summed E-state index contributed by atoms with van der Waals surface area (Å²) in [4.78, 5) is 39.0. The van der Waals surface area contributed by atoms with E-state index in [1.165, 1.54) is 28.0 Å². The Morgan fingerprint density at radius 1 is 1.11 bits per heavy atom.